The van der Waals surface area contributed by atoms with E-state index in [4.69, 9.17) is 5.11 Å². The number of amides is 1. The fourth-order valence-electron chi connectivity index (χ4n) is 2.32. The van der Waals surface area contributed by atoms with Gasteiger partial charge < -0.3 is 15.3 Å². The molecular formula is C16H21N3O2. The molecule has 1 aliphatic rings. The standard InChI is InChI=1S/C16H21N3O2/c20-13-4-1-6-14-7-5-8-17-15(14)16(21)18-9-12-19-10-2-3-11-19/h5,7-8,20H,2-4,9-13H2,(H,18,21). The summed E-state index contributed by atoms with van der Waals surface area (Å²) in [5.74, 6) is 5.51. The summed E-state index contributed by atoms with van der Waals surface area (Å²) in [6, 6.07) is 3.52. The molecule has 1 aromatic rings. The first kappa shape index (κ1) is 15.5. The van der Waals surface area contributed by atoms with Gasteiger partial charge in [-0.3, -0.25) is 4.79 Å². The van der Waals surface area contributed by atoms with Crippen LogP contribution in [0.1, 0.15) is 35.3 Å². The van der Waals surface area contributed by atoms with Gasteiger partial charge in [-0.25, -0.2) is 4.98 Å². The van der Waals surface area contributed by atoms with E-state index >= 15 is 0 Å². The Morgan fingerprint density at radius 3 is 3.00 bits per heavy atom. The molecule has 0 atom stereocenters. The van der Waals surface area contributed by atoms with E-state index in [9.17, 15) is 4.79 Å². The first-order valence-electron chi connectivity index (χ1n) is 7.36. The Morgan fingerprint density at radius 1 is 1.43 bits per heavy atom. The summed E-state index contributed by atoms with van der Waals surface area (Å²) in [5.41, 5.74) is 0.953. The van der Waals surface area contributed by atoms with Crippen LogP contribution >= 0.6 is 0 Å². The molecule has 0 unspecified atom stereocenters. The smallest absolute Gasteiger partial charge is 0.271 e. The second kappa shape index (κ2) is 8.40. The van der Waals surface area contributed by atoms with Gasteiger partial charge in [-0.15, -0.1) is 0 Å². The molecule has 0 aliphatic carbocycles. The number of carbonyl (C=O) groups excluding carboxylic acids is 1. The number of aliphatic hydroxyl groups excluding tert-OH is 1. The van der Waals surface area contributed by atoms with Gasteiger partial charge in [0.15, 0.2) is 0 Å². The highest BCUT2D eigenvalue weighted by molar-refractivity contribution is 5.94. The lowest BCUT2D eigenvalue weighted by molar-refractivity contribution is 0.0944. The van der Waals surface area contributed by atoms with Gasteiger partial charge in [0.25, 0.3) is 5.91 Å². The molecule has 0 bridgehead atoms. The zero-order valence-corrected chi connectivity index (χ0v) is 12.1. The lowest BCUT2D eigenvalue weighted by atomic mass is 10.2. The molecule has 1 aliphatic heterocycles. The van der Waals surface area contributed by atoms with Crippen molar-refractivity contribution in [3.05, 3.63) is 29.6 Å². The predicted octanol–water partition coefficient (Wildman–Crippen LogP) is 0.641. The Hall–Kier alpha value is -1.90. The first-order chi connectivity index (χ1) is 10.3. The molecule has 2 rings (SSSR count). The van der Waals surface area contributed by atoms with Crippen LogP contribution in [0.4, 0.5) is 0 Å². The molecule has 0 aromatic carbocycles. The van der Waals surface area contributed by atoms with E-state index in [1.54, 1.807) is 18.3 Å². The van der Waals surface area contributed by atoms with Crippen molar-refractivity contribution in [1.29, 1.82) is 0 Å². The molecule has 1 saturated heterocycles. The largest absolute Gasteiger partial charge is 0.395 e. The maximum atomic E-state index is 12.2. The summed E-state index contributed by atoms with van der Waals surface area (Å²) in [6.45, 7) is 3.77. The van der Waals surface area contributed by atoms with Gasteiger partial charge in [0.2, 0.25) is 0 Å². The monoisotopic (exact) mass is 287 g/mol. The van der Waals surface area contributed by atoms with Crippen molar-refractivity contribution in [3.8, 4) is 11.8 Å². The minimum Gasteiger partial charge on any atom is -0.395 e. The molecule has 5 heteroatoms. The topological polar surface area (TPSA) is 65.5 Å². The summed E-state index contributed by atoms with van der Waals surface area (Å²) >= 11 is 0. The third kappa shape index (κ3) is 4.85. The highest BCUT2D eigenvalue weighted by atomic mass is 16.2. The van der Waals surface area contributed by atoms with E-state index in [-0.39, 0.29) is 12.5 Å². The normalized spacial score (nSPS) is 14.5. The summed E-state index contributed by atoms with van der Waals surface area (Å²) in [6.07, 6.45) is 4.48. The molecule has 0 radical (unpaired) electrons. The Morgan fingerprint density at radius 2 is 2.24 bits per heavy atom. The third-order valence-corrected chi connectivity index (χ3v) is 3.39. The van der Waals surface area contributed by atoms with Crippen LogP contribution in [0.25, 0.3) is 0 Å². The SMILES string of the molecule is O=C(NCCN1CCCC1)c1ncccc1C#CCCO. The van der Waals surface area contributed by atoms with Crippen molar-refractivity contribution < 1.29 is 9.90 Å². The molecule has 21 heavy (non-hydrogen) atoms. The molecule has 2 heterocycles. The lowest BCUT2D eigenvalue weighted by Gasteiger charge is -2.14. The zero-order valence-electron chi connectivity index (χ0n) is 12.1. The minimum atomic E-state index is -0.192. The van der Waals surface area contributed by atoms with E-state index in [1.807, 2.05) is 0 Å². The summed E-state index contributed by atoms with van der Waals surface area (Å²) in [7, 11) is 0. The molecule has 1 fully saturated rings. The van der Waals surface area contributed by atoms with Gasteiger partial charge in [0.1, 0.15) is 5.69 Å². The summed E-state index contributed by atoms with van der Waals surface area (Å²) in [4.78, 5) is 18.6. The van der Waals surface area contributed by atoms with Crippen molar-refractivity contribution in [2.75, 3.05) is 32.8 Å². The van der Waals surface area contributed by atoms with Crippen LogP contribution in [0.15, 0.2) is 18.3 Å². The second-order valence-corrected chi connectivity index (χ2v) is 4.98. The number of hydrogen-bond acceptors (Lipinski definition) is 4. The highest BCUT2D eigenvalue weighted by Gasteiger charge is 2.13. The van der Waals surface area contributed by atoms with Gasteiger partial charge >= 0.3 is 0 Å². The number of nitrogens with zero attached hydrogens (tertiary/aromatic N) is 2. The van der Waals surface area contributed by atoms with Gasteiger partial charge in [-0.05, 0) is 38.1 Å². The van der Waals surface area contributed by atoms with E-state index in [2.05, 4.69) is 27.0 Å². The zero-order chi connectivity index (χ0) is 14.9. The molecule has 1 aromatic heterocycles. The van der Waals surface area contributed by atoms with Crippen LogP contribution in [0.3, 0.4) is 0 Å². The third-order valence-electron chi connectivity index (χ3n) is 3.39. The number of rotatable bonds is 5. The van der Waals surface area contributed by atoms with Gasteiger partial charge in [0, 0.05) is 25.7 Å². The Kier molecular flexibility index (Phi) is 6.20. The minimum absolute atomic E-state index is 0.0185. The number of hydrogen-bond donors (Lipinski definition) is 2. The van der Waals surface area contributed by atoms with Crippen molar-refractivity contribution in [1.82, 2.24) is 15.2 Å². The number of carbonyl (C=O) groups is 1. The maximum absolute atomic E-state index is 12.2. The van der Waals surface area contributed by atoms with Crippen LogP contribution in [0.2, 0.25) is 0 Å². The number of likely N-dealkylation sites (tertiary alicyclic amines) is 1. The van der Waals surface area contributed by atoms with Crippen molar-refractivity contribution >= 4 is 5.91 Å². The van der Waals surface area contributed by atoms with Crippen LogP contribution in [-0.4, -0.2) is 53.7 Å². The number of aromatic nitrogens is 1. The number of nitrogens with one attached hydrogen (secondary N) is 1. The first-order valence-corrected chi connectivity index (χ1v) is 7.36. The second-order valence-electron chi connectivity index (χ2n) is 4.98. The van der Waals surface area contributed by atoms with Crippen LogP contribution in [0.5, 0.6) is 0 Å². The van der Waals surface area contributed by atoms with Crippen molar-refractivity contribution in [2.45, 2.75) is 19.3 Å². The predicted molar refractivity (Wildman–Crippen MR) is 80.8 cm³/mol. The van der Waals surface area contributed by atoms with Crippen molar-refractivity contribution in [2.24, 2.45) is 0 Å². The van der Waals surface area contributed by atoms with E-state index < -0.39 is 0 Å². The van der Waals surface area contributed by atoms with E-state index in [0.717, 1.165) is 19.6 Å². The van der Waals surface area contributed by atoms with Gasteiger partial charge in [-0.2, -0.15) is 0 Å². The molecule has 0 spiro atoms. The molecule has 112 valence electrons. The quantitative estimate of drug-likeness (QED) is 0.780. The summed E-state index contributed by atoms with van der Waals surface area (Å²) < 4.78 is 0. The lowest BCUT2D eigenvalue weighted by Crippen LogP contribution is -2.34. The van der Waals surface area contributed by atoms with Gasteiger partial charge in [-0.1, -0.05) is 11.8 Å². The molecule has 1 amide bonds. The maximum Gasteiger partial charge on any atom is 0.271 e. The van der Waals surface area contributed by atoms with E-state index in [0.29, 0.717) is 24.2 Å². The van der Waals surface area contributed by atoms with Crippen LogP contribution in [0, 0.1) is 11.8 Å². The fourth-order valence-corrected chi connectivity index (χ4v) is 2.32. The van der Waals surface area contributed by atoms with E-state index in [1.165, 1.54) is 12.8 Å². The molecular weight excluding hydrogens is 266 g/mol. The highest BCUT2D eigenvalue weighted by Crippen LogP contribution is 2.06. The van der Waals surface area contributed by atoms with Crippen molar-refractivity contribution in [3.63, 3.8) is 0 Å². The molecule has 2 N–H and O–H groups in total. The Bertz CT molecular complexity index is 528. The molecule has 5 nitrogen and oxygen atoms in total. The average molecular weight is 287 g/mol. The van der Waals surface area contributed by atoms with Crippen LogP contribution in [-0.2, 0) is 0 Å². The fraction of sp³-hybridized carbons (Fsp3) is 0.500. The Labute approximate surface area is 125 Å². The average Bonchev–Trinajstić information content (AvgIpc) is 3.01. The number of aliphatic hydroxyl groups is 1. The van der Waals surface area contributed by atoms with Crippen LogP contribution < -0.4 is 5.32 Å². The summed E-state index contributed by atoms with van der Waals surface area (Å²) in [5, 5.41) is 11.6. The molecule has 0 saturated carbocycles. The Balaban J connectivity index is 1.90. The van der Waals surface area contributed by atoms with Gasteiger partial charge in [0.05, 0.1) is 12.2 Å². The number of pyridine rings is 1.